The van der Waals surface area contributed by atoms with Crippen LogP contribution in [0.3, 0.4) is 0 Å². The first-order valence-corrected chi connectivity index (χ1v) is 14.8. The van der Waals surface area contributed by atoms with Gasteiger partial charge in [-0.2, -0.15) is 0 Å². The smallest absolute Gasteiger partial charge is 0.271 e. The molecule has 3 rings (SSSR count). The van der Waals surface area contributed by atoms with Crippen molar-refractivity contribution in [2.24, 2.45) is 5.92 Å². The number of sulfonamides is 1. The van der Waals surface area contributed by atoms with Crippen LogP contribution in [0.25, 0.3) is 0 Å². The number of hydrogen-bond donors (Lipinski definition) is 1. The van der Waals surface area contributed by atoms with Gasteiger partial charge >= 0.3 is 0 Å². The van der Waals surface area contributed by atoms with Gasteiger partial charge < -0.3 is 10.2 Å². The highest BCUT2D eigenvalue weighted by atomic mass is 35.5. The van der Waals surface area contributed by atoms with Crippen molar-refractivity contribution in [3.8, 4) is 0 Å². The number of hydrogen-bond acceptors (Lipinski definition) is 6. The Morgan fingerprint density at radius 1 is 0.951 bits per heavy atom. The SMILES string of the molecule is CC(C)CNC(=O)[C@H](C)N(Cc1c(Cl)cccc1Cl)C(=O)CN(c1cccc([N+](=O)[O-])c1)S(=O)(=O)c1ccccc1. The number of nitrogens with one attached hydrogen (secondary N) is 1. The van der Waals surface area contributed by atoms with Crippen molar-refractivity contribution < 1.29 is 22.9 Å². The van der Waals surface area contributed by atoms with Crippen molar-refractivity contribution in [3.05, 3.63) is 98.5 Å². The Morgan fingerprint density at radius 3 is 2.15 bits per heavy atom. The summed E-state index contributed by atoms with van der Waals surface area (Å²) in [5.41, 5.74) is -0.0751. The predicted molar refractivity (Wildman–Crippen MR) is 158 cm³/mol. The molecular formula is C28H30Cl2N4O6S. The van der Waals surface area contributed by atoms with Gasteiger partial charge in [-0.05, 0) is 43.2 Å². The van der Waals surface area contributed by atoms with Crippen LogP contribution in [0, 0.1) is 16.0 Å². The molecule has 3 aromatic rings. The van der Waals surface area contributed by atoms with E-state index in [-0.39, 0.29) is 38.8 Å². The summed E-state index contributed by atoms with van der Waals surface area (Å²) in [6, 6.07) is 16.1. The zero-order chi connectivity index (χ0) is 30.3. The van der Waals surface area contributed by atoms with Crippen molar-refractivity contribution in [3.63, 3.8) is 0 Å². The average Bonchev–Trinajstić information content (AvgIpc) is 2.94. The maximum absolute atomic E-state index is 14.0. The van der Waals surface area contributed by atoms with Crippen LogP contribution in [0.1, 0.15) is 26.3 Å². The van der Waals surface area contributed by atoms with Crippen LogP contribution in [0.5, 0.6) is 0 Å². The Labute approximate surface area is 249 Å². The number of benzene rings is 3. The monoisotopic (exact) mass is 620 g/mol. The zero-order valence-electron chi connectivity index (χ0n) is 22.7. The summed E-state index contributed by atoms with van der Waals surface area (Å²) in [5.74, 6) is -1.06. The van der Waals surface area contributed by atoms with Gasteiger partial charge in [0.25, 0.3) is 15.7 Å². The molecule has 0 aliphatic heterocycles. The van der Waals surface area contributed by atoms with E-state index in [1.165, 1.54) is 54.3 Å². The van der Waals surface area contributed by atoms with Gasteiger partial charge in [-0.25, -0.2) is 8.42 Å². The predicted octanol–water partition coefficient (Wildman–Crippen LogP) is 5.29. The van der Waals surface area contributed by atoms with Gasteiger partial charge in [0.1, 0.15) is 12.6 Å². The summed E-state index contributed by atoms with van der Waals surface area (Å²) < 4.78 is 28.4. The molecule has 0 spiro atoms. The Bertz CT molecular complexity index is 1500. The van der Waals surface area contributed by atoms with Gasteiger partial charge in [0.15, 0.2) is 0 Å². The van der Waals surface area contributed by atoms with E-state index in [1.54, 1.807) is 24.3 Å². The molecule has 13 heteroatoms. The van der Waals surface area contributed by atoms with Gasteiger partial charge in [0.05, 0.1) is 15.5 Å². The Hall–Kier alpha value is -3.67. The molecule has 1 N–H and O–H groups in total. The lowest BCUT2D eigenvalue weighted by molar-refractivity contribution is -0.384. The van der Waals surface area contributed by atoms with Crippen LogP contribution in [0.4, 0.5) is 11.4 Å². The number of rotatable bonds is 12. The molecule has 0 saturated heterocycles. The first-order valence-electron chi connectivity index (χ1n) is 12.6. The van der Waals surface area contributed by atoms with E-state index in [2.05, 4.69) is 5.32 Å². The van der Waals surface area contributed by atoms with E-state index in [0.717, 1.165) is 10.4 Å². The van der Waals surface area contributed by atoms with Gasteiger partial charge in [-0.3, -0.25) is 24.0 Å². The number of non-ortho nitro benzene ring substituents is 1. The van der Waals surface area contributed by atoms with E-state index in [0.29, 0.717) is 12.1 Å². The summed E-state index contributed by atoms with van der Waals surface area (Å²) in [7, 11) is -4.37. The fourth-order valence-electron chi connectivity index (χ4n) is 3.90. The van der Waals surface area contributed by atoms with Gasteiger partial charge in [-0.1, -0.05) is 67.4 Å². The maximum atomic E-state index is 14.0. The Balaban J connectivity index is 2.08. The first-order chi connectivity index (χ1) is 19.3. The number of nitro groups is 1. The van der Waals surface area contributed by atoms with Crippen molar-refractivity contribution in [2.75, 3.05) is 17.4 Å². The number of carbonyl (C=O) groups excluding carboxylic acids is 2. The van der Waals surface area contributed by atoms with E-state index in [1.807, 2.05) is 13.8 Å². The molecule has 218 valence electrons. The van der Waals surface area contributed by atoms with Gasteiger partial charge in [0, 0.05) is 40.8 Å². The standard InChI is InChI=1S/C28H30Cl2N4O6S/c1-19(2)16-31-28(36)20(3)32(17-24-25(29)13-8-14-26(24)30)27(35)18-33(21-9-7-10-22(15-21)34(37)38)41(39,40)23-11-5-4-6-12-23/h4-15,19-20H,16-18H2,1-3H3,(H,31,36)/t20-/m0/s1. The quantitative estimate of drug-likeness (QED) is 0.216. The van der Waals surface area contributed by atoms with Crippen LogP contribution in [-0.2, 0) is 26.2 Å². The summed E-state index contributed by atoms with van der Waals surface area (Å²) in [4.78, 5) is 38.9. The average molecular weight is 622 g/mol. The third-order valence-electron chi connectivity index (χ3n) is 6.18. The molecule has 0 aliphatic carbocycles. The summed E-state index contributed by atoms with van der Waals surface area (Å²) in [6.45, 7) is 4.76. The summed E-state index contributed by atoms with van der Waals surface area (Å²) in [5, 5.41) is 14.8. The second-order valence-corrected chi connectivity index (χ2v) is 12.3. The lowest BCUT2D eigenvalue weighted by atomic mass is 10.1. The molecule has 0 aromatic heterocycles. The minimum absolute atomic E-state index is 0.0935. The van der Waals surface area contributed by atoms with Crippen molar-refractivity contribution >= 4 is 56.4 Å². The molecule has 0 heterocycles. The molecule has 0 fully saturated rings. The lowest BCUT2D eigenvalue weighted by Crippen LogP contribution is -2.51. The molecular weight excluding hydrogens is 591 g/mol. The van der Waals surface area contributed by atoms with Crippen LogP contribution < -0.4 is 9.62 Å². The van der Waals surface area contributed by atoms with Crippen LogP contribution in [0.15, 0.2) is 77.7 Å². The van der Waals surface area contributed by atoms with E-state index in [9.17, 15) is 28.1 Å². The molecule has 2 amide bonds. The normalized spacial score (nSPS) is 12.0. The van der Waals surface area contributed by atoms with Crippen molar-refractivity contribution in [2.45, 2.75) is 38.3 Å². The van der Waals surface area contributed by atoms with E-state index < -0.39 is 39.3 Å². The third-order valence-corrected chi connectivity index (χ3v) is 8.68. The van der Waals surface area contributed by atoms with Crippen molar-refractivity contribution in [1.82, 2.24) is 10.2 Å². The fourth-order valence-corrected chi connectivity index (χ4v) is 5.84. The Morgan fingerprint density at radius 2 is 1.56 bits per heavy atom. The topological polar surface area (TPSA) is 130 Å². The van der Waals surface area contributed by atoms with E-state index >= 15 is 0 Å². The molecule has 1 atom stereocenters. The lowest BCUT2D eigenvalue weighted by Gasteiger charge is -2.32. The second kappa shape index (κ2) is 13.8. The van der Waals surface area contributed by atoms with Crippen LogP contribution >= 0.6 is 23.2 Å². The highest BCUT2D eigenvalue weighted by Crippen LogP contribution is 2.29. The zero-order valence-corrected chi connectivity index (χ0v) is 25.0. The minimum Gasteiger partial charge on any atom is -0.354 e. The van der Waals surface area contributed by atoms with Crippen molar-refractivity contribution in [1.29, 1.82) is 0 Å². The molecule has 0 aliphatic rings. The number of nitrogens with zero attached hydrogens (tertiary/aromatic N) is 3. The molecule has 3 aromatic carbocycles. The summed E-state index contributed by atoms with van der Waals surface area (Å²) >= 11 is 12.7. The minimum atomic E-state index is -4.37. The third kappa shape index (κ3) is 7.96. The molecule has 0 bridgehead atoms. The highest BCUT2D eigenvalue weighted by Gasteiger charge is 2.33. The fraction of sp³-hybridized carbons (Fsp3) is 0.286. The summed E-state index contributed by atoms with van der Waals surface area (Å²) in [6.07, 6.45) is 0. The number of halogens is 2. The van der Waals surface area contributed by atoms with Gasteiger partial charge in [0.2, 0.25) is 11.8 Å². The van der Waals surface area contributed by atoms with Crippen LogP contribution in [0.2, 0.25) is 10.0 Å². The highest BCUT2D eigenvalue weighted by molar-refractivity contribution is 7.92. The molecule has 0 unspecified atom stereocenters. The molecule has 0 saturated carbocycles. The van der Waals surface area contributed by atoms with Gasteiger partial charge in [-0.15, -0.1) is 0 Å². The second-order valence-electron chi connectivity index (χ2n) is 9.64. The number of anilines is 1. The van der Waals surface area contributed by atoms with E-state index in [4.69, 9.17) is 23.2 Å². The number of amides is 2. The largest absolute Gasteiger partial charge is 0.354 e. The van der Waals surface area contributed by atoms with Crippen LogP contribution in [-0.4, -0.2) is 49.2 Å². The maximum Gasteiger partial charge on any atom is 0.271 e. The number of carbonyl (C=O) groups is 2. The number of nitro benzene ring substituents is 1. The molecule has 41 heavy (non-hydrogen) atoms. The Kier molecular flexibility index (Phi) is 10.7. The molecule has 10 nitrogen and oxygen atoms in total. The molecule has 0 radical (unpaired) electrons. The first kappa shape index (κ1) is 31.9.